The molecule has 0 unspecified atom stereocenters. The topological polar surface area (TPSA) is 69.4 Å². The minimum absolute atomic E-state index is 0.253. The zero-order valence-corrected chi connectivity index (χ0v) is 19.7. The van der Waals surface area contributed by atoms with E-state index in [9.17, 15) is 4.79 Å². The molecule has 0 radical (unpaired) electrons. The molecule has 0 atom stereocenters. The van der Waals surface area contributed by atoms with Gasteiger partial charge in [0.1, 0.15) is 18.1 Å². The quantitative estimate of drug-likeness (QED) is 0.412. The van der Waals surface area contributed by atoms with Crippen LogP contribution >= 0.6 is 11.8 Å². The highest BCUT2D eigenvalue weighted by atomic mass is 32.2. The van der Waals surface area contributed by atoms with Crippen molar-refractivity contribution >= 4 is 18.0 Å². The van der Waals surface area contributed by atoms with Gasteiger partial charge in [-0.3, -0.25) is 4.79 Å². The lowest BCUT2D eigenvalue weighted by Crippen LogP contribution is -2.32. The lowest BCUT2D eigenvalue weighted by atomic mass is 9.93. The van der Waals surface area contributed by atoms with Crippen LogP contribution in [0.2, 0.25) is 0 Å². The number of rotatable bonds is 6. The van der Waals surface area contributed by atoms with Crippen molar-refractivity contribution in [3.8, 4) is 5.75 Å². The third-order valence-corrected chi connectivity index (χ3v) is 5.42. The fourth-order valence-electron chi connectivity index (χ4n) is 3.01. The van der Waals surface area contributed by atoms with E-state index in [1.54, 1.807) is 6.21 Å². The molecule has 162 valence electrons. The predicted molar refractivity (Wildman–Crippen MR) is 126 cm³/mol. The first-order chi connectivity index (χ1) is 14.7. The van der Waals surface area contributed by atoms with E-state index < -0.39 is 5.41 Å². The first kappa shape index (κ1) is 22.7. The van der Waals surface area contributed by atoms with Crippen LogP contribution in [0.3, 0.4) is 0 Å². The summed E-state index contributed by atoms with van der Waals surface area (Å²) >= 11 is 1.33. The highest BCUT2D eigenvalue weighted by molar-refractivity contribution is 7.98. The van der Waals surface area contributed by atoms with Crippen LogP contribution in [-0.4, -0.2) is 27.3 Å². The Hall–Kier alpha value is -2.93. The molecule has 0 fully saturated rings. The molecular formula is C24H28N4O2S. The molecule has 1 aromatic heterocycles. The first-order valence-corrected chi connectivity index (χ1v) is 11.3. The Labute approximate surface area is 187 Å². The Morgan fingerprint density at radius 3 is 2.42 bits per heavy atom. The number of hydrogen-bond donors (Lipinski definition) is 0. The number of aryl methyl sites for hydroxylation is 2. The Balaban J connectivity index is 1.76. The average molecular weight is 437 g/mol. The molecule has 0 spiro atoms. The summed E-state index contributed by atoms with van der Waals surface area (Å²) in [6, 6.07) is 14.0. The van der Waals surface area contributed by atoms with Crippen LogP contribution in [0.4, 0.5) is 0 Å². The normalized spacial score (nSPS) is 11.8. The molecule has 0 aliphatic heterocycles. The number of aromatic nitrogens is 3. The molecule has 0 bridgehead atoms. The van der Waals surface area contributed by atoms with Gasteiger partial charge in [-0.25, -0.2) is 0 Å². The lowest BCUT2D eigenvalue weighted by molar-refractivity contribution is 0.305. The zero-order valence-electron chi connectivity index (χ0n) is 18.8. The largest absolute Gasteiger partial charge is 0.489 e. The molecule has 0 aliphatic rings. The second-order valence-electron chi connectivity index (χ2n) is 8.43. The lowest BCUT2D eigenvalue weighted by Gasteiger charge is -2.16. The maximum atomic E-state index is 12.9. The number of hydrogen-bond acceptors (Lipinski definition) is 6. The van der Waals surface area contributed by atoms with Crippen molar-refractivity contribution in [3.63, 3.8) is 0 Å². The summed E-state index contributed by atoms with van der Waals surface area (Å²) in [5.41, 5.74) is 4.21. The second kappa shape index (κ2) is 9.47. The maximum absolute atomic E-state index is 12.9. The van der Waals surface area contributed by atoms with Crippen LogP contribution in [0.15, 0.2) is 57.5 Å². The monoisotopic (exact) mass is 436 g/mol. The van der Waals surface area contributed by atoms with Crippen LogP contribution in [-0.2, 0) is 12.0 Å². The molecule has 0 amide bonds. The molecule has 1 heterocycles. The summed E-state index contributed by atoms with van der Waals surface area (Å²) in [7, 11) is 0. The third kappa shape index (κ3) is 5.61. The van der Waals surface area contributed by atoms with Gasteiger partial charge in [-0.1, -0.05) is 56.3 Å². The van der Waals surface area contributed by atoms with Crippen LogP contribution in [0.5, 0.6) is 5.75 Å². The Kier molecular flexibility index (Phi) is 6.95. The van der Waals surface area contributed by atoms with E-state index in [1.165, 1.54) is 33.1 Å². The van der Waals surface area contributed by atoms with Crippen LogP contribution in [0.1, 0.15) is 48.7 Å². The van der Waals surface area contributed by atoms with Crippen molar-refractivity contribution in [2.45, 2.75) is 51.8 Å². The van der Waals surface area contributed by atoms with E-state index in [0.29, 0.717) is 17.5 Å². The van der Waals surface area contributed by atoms with Crippen molar-refractivity contribution < 1.29 is 4.74 Å². The molecule has 0 N–H and O–H groups in total. The summed E-state index contributed by atoms with van der Waals surface area (Å²) in [6.07, 6.45) is 3.48. The molecule has 31 heavy (non-hydrogen) atoms. The van der Waals surface area contributed by atoms with Gasteiger partial charge in [-0.15, -0.1) is 10.2 Å². The predicted octanol–water partition coefficient (Wildman–Crippen LogP) is 4.74. The van der Waals surface area contributed by atoms with E-state index in [-0.39, 0.29) is 5.56 Å². The molecule has 3 rings (SSSR count). The van der Waals surface area contributed by atoms with Crippen molar-refractivity contribution in [1.29, 1.82) is 0 Å². The average Bonchev–Trinajstić information content (AvgIpc) is 2.72. The fourth-order valence-corrected chi connectivity index (χ4v) is 3.43. The van der Waals surface area contributed by atoms with E-state index >= 15 is 0 Å². The number of nitrogens with zero attached hydrogens (tertiary/aromatic N) is 4. The van der Waals surface area contributed by atoms with Gasteiger partial charge in [-0.2, -0.15) is 9.78 Å². The highest BCUT2D eigenvalue weighted by Gasteiger charge is 2.23. The molecule has 0 saturated heterocycles. The van der Waals surface area contributed by atoms with Gasteiger partial charge in [0.2, 0.25) is 5.16 Å². The smallest absolute Gasteiger partial charge is 0.297 e. The summed E-state index contributed by atoms with van der Waals surface area (Å²) in [6.45, 7) is 10.5. The maximum Gasteiger partial charge on any atom is 0.297 e. The van der Waals surface area contributed by atoms with Gasteiger partial charge >= 0.3 is 0 Å². The number of thioether (sulfide) groups is 1. The Morgan fingerprint density at radius 2 is 1.81 bits per heavy atom. The first-order valence-electron chi connectivity index (χ1n) is 10.1. The van der Waals surface area contributed by atoms with Gasteiger partial charge in [0.05, 0.1) is 6.21 Å². The summed E-state index contributed by atoms with van der Waals surface area (Å²) in [5.74, 6) is 0.777. The molecule has 0 saturated carbocycles. The van der Waals surface area contributed by atoms with Crippen molar-refractivity contribution in [3.05, 3.63) is 80.8 Å². The van der Waals surface area contributed by atoms with E-state index in [2.05, 4.69) is 47.3 Å². The number of ether oxygens (including phenoxy) is 1. The van der Waals surface area contributed by atoms with E-state index in [0.717, 1.165) is 11.3 Å². The molecular weight excluding hydrogens is 408 g/mol. The van der Waals surface area contributed by atoms with Crippen molar-refractivity contribution in [1.82, 2.24) is 14.9 Å². The van der Waals surface area contributed by atoms with Crippen LogP contribution in [0, 0.1) is 13.8 Å². The van der Waals surface area contributed by atoms with Gasteiger partial charge in [0.15, 0.2) is 0 Å². The zero-order chi connectivity index (χ0) is 22.6. The van der Waals surface area contributed by atoms with Crippen LogP contribution in [0.25, 0.3) is 0 Å². The summed E-state index contributed by atoms with van der Waals surface area (Å²) < 4.78 is 7.23. The molecule has 7 heteroatoms. The van der Waals surface area contributed by atoms with Gasteiger partial charge in [0, 0.05) is 5.41 Å². The van der Waals surface area contributed by atoms with E-state index in [1.807, 2.05) is 51.3 Å². The van der Waals surface area contributed by atoms with Crippen molar-refractivity contribution in [2.24, 2.45) is 5.10 Å². The summed E-state index contributed by atoms with van der Waals surface area (Å²) in [5, 5.41) is 13.1. The van der Waals surface area contributed by atoms with Crippen molar-refractivity contribution in [2.75, 3.05) is 6.26 Å². The van der Waals surface area contributed by atoms with E-state index in [4.69, 9.17) is 4.74 Å². The molecule has 0 aliphatic carbocycles. The molecule has 6 nitrogen and oxygen atoms in total. The Morgan fingerprint density at radius 1 is 1.10 bits per heavy atom. The minimum Gasteiger partial charge on any atom is -0.489 e. The Bertz CT molecular complexity index is 1150. The van der Waals surface area contributed by atoms with Gasteiger partial charge in [0.25, 0.3) is 5.56 Å². The minimum atomic E-state index is -0.410. The SMILES string of the molecule is CSc1nnc(C(C)(C)C)c(=O)n1N=Cc1ccc(OCc2ccc(C)cc2C)cc1. The highest BCUT2D eigenvalue weighted by Crippen LogP contribution is 2.18. The third-order valence-electron chi connectivity index (χ3n) is 4.80. The summed E-state index contributed by atoms with van der Waals surface area (Å²) in [4.78, 5) is 12.9. The van der Waals surface area contributed by atoms with Crippen LogP contribution < -0.4 is 10.3 Å². The molecule has 2 aromatic carbocycles. The van der Waals surface area contributed by atoms with Gasteiger partial charge < -0.3 is 4.74 Å². The molecule has 3 aromatic rings. The second-order valence-corrected chi connectivity index (χ2v) is 9.21. The fraction of sp³-hybridized carbons (Fsp3) is 0.333. The van der Waals surface area contributed by atoms with Gasteiger partial charge in [-0.05, 0) is 61.1 Å². The number of benzene rings is 2. The standard InChI is InChI=1S/C24H28N4O2S/c1-16-7-10-19(17(2)13-16)15-30-20-11-8-18(9-12-20)14-25-28-22(29)21(24(3,4)5)26-27-23(28)31-6/h7-14H,15H2,1-6H3.